The van der Waals surface area contributed by atoms with Crippen LogP contribution in [0.3, 0.4) is 0 Å². The Hall–Kier alpha value is -3.00. The van der Waals surface area contributed by atoms with Gasteiger partial charge < -0.3 is 0 Å². The first kappa shape index (κ1) is 21.9. The van der Waals surface area contributed by atoms with Crippen LogP contribution in [-0.2, 0) is 11.4 Å². The summed E-state index contributed by atoms with van der Waals surface area (Å²) in [6.07, 6.45) is 0. The maximum atomic E-state index is 13.1. The zero-order valence-corrected chi connectivity index (χ0v) is 24.3. The highest BCUT2D eigenvalue weighted by atomic mass is 32.1. The second kappa shape index (κ2) is 7.34. The molecule has 0 radical (unpaired) electrons. The summed E-state index contributed by atoms with van der Waals surface area (Å²) in [6, 6.07) is 7.93. The molecule has 0 N–H and O–H groups in total. The molecular weight excluding hydrogens is 593 g/mol. The van der Waals surface area contributed by atoms with Crippen molar-refractivity contribution < 1.29 is 9.59 Å². The molecule has 9 rings (SSSR count). The molecule has 38 heavy (non-hydrogen) atoms. The van der Waals surface area contributed by atoms with Crippen molar-refractivity contribution in [3.05, 3.63) is 56.3 Å². The minimum atomic E-state index is 0.0831. The number of carbonyl (C=O) groups is 2. The number of nitrogens with zero attached hydrogens (tertiary/aromatic N) is 4. The topological polar surface area (TPSA) is 84.6 Å². The molecular formula is C26H10N4O2S6. The summed E-state index contributed by atoms with van der Waals surface area (Å²) in [5, 5.41) is 0. The van der Waals surface area contributed by atoms with Crippen molar-refractivity contribution in [2.45, 2.75) is 13.8 Å². The van der Waals surface area contributed by atoms with E-state index < -0.39 is 0 Å². The summed E-state index contributed by atoms with van der Waals surface area (Å²) < 4.78 is 18.8. The summed E-state index contributed by atoms with van der Waals surface area (Å²) in [5.74, 6) is 0.166. The molecule has 0 saturated heterocycles. The average Bonchev–Trinajstić information content (AvgIpc) is 3.71. The van der Waals surface area contributed by atoms with Crippen molar-refractivity contribution in [3.8, 4) is 40.4 Å². The van der Waals surface area contributed by atoms with Gasteiger partial charge in [0.15, 0.2) is 11.6 Å². The molecule has 0 atom stereocenters. The van der Waals surface area contributed by atoms with E-state index in [0.717, 1.165) is 118 Å². The number of hydrogen-bond acceptors (Lipinski definition) is 11. The van der Waals surface area contributed by atoms with Crippen molar-refractivity contribution in [1.29, 1.82) is 0 Å². The van der Waals surface area contributed by atoms with Crippen molar-refractivity contribution in [2.24, 2.45) is 8.73 Å². The monoisotopic (exact) mass is 602 g/mol. The summed E-state index contributed by atoms with van der Waals surface area (Å²) in [6.45, 7) is 4.07. The standard InChI is InChI=1S/C26H10N4O2S6/c1-7-3-9-21(31)11-5-13(35-25(11)23(9)33-7)15-17-19(29-37-27-17)16(20-18(15)28-38-30-20)14-6-12-22(32)10-4-8(2)34-24(10)26(12)36-14/h3-6H,1-2H3. The fraction of sp³-hybridized carbons (Fsp3) is 0.0769. The van der Waals surface area contributed by atoms with Gasteiger partial charge in [0, 0.05) is 52.9 Å². The number of fused-ring (bicyclic) bond motifs is 8. The van der Waals surface area contributed by atoms with Crippen molar-refractivity contribution in [2.75, 3.05) is 0 Å². The lowest BCUT2D eigenvalue weighted by atomic mass is 9.99. The molecule has 182 valence electrons. The van der Waals surface area contributed by atoms with Crippen LogP contribution in [-0.4, -0.2) is 20.3 Å². The van der Waals surface area contributed by atoms with Crippen LogP contribution in [0.1, 0.15) is 41.6 Å². The lowest BCUT2D eigenvalue weighted by Crippen LogP contribution is -1.93. The van der Waals surface area contributed by atoms with Crippen molar-refractivity contribution in [3.63, 3.8) is 0 Å². The van der Waals surface area contributed by atoms with E-state index in [1.807, 2.05) is 38.1 Å². The second-order valence-corrected chi connectivity index (χ2v) is 14.9. The van der Waals surface area contributed by atoms with E-state index in [4.69, 9.17) is 17.5 Å². The van der Waals surface area contributed by atoms with Crippen molar-refractivity contribution >= 4 is 102 Å². The Balaban J connectivity index is 1.28. The molecule has 5 aromatic heterocycles. The van der Waals surface area contributed by atoms with E-state index >= 15 is 0 Å². The predicted octanol–water partition coefficient (Wildman–Crippen LogP) is 9.04. The third-order valence-corrected chi connectivity index (χ3v) is 12.8. The number of rotatable bonds is 2. The zero-order valence-electron chi connectivity index (χ0n) is 19.4. The molecule has 0 fully saturated rings. The Morgan fingerprint density at radius 3 is 1.47 bits per heavy atom. The van der Waals surface area contributed by atoms with Crippen LogP contribution >= 0.6 is 57.1 Å². The maximum absolute atomic E-state index is 13.1. The third-order valence-electron chi connectivity index (χ3n) is 6.98. The number of aryl methyl sites for hydroxylation is 2. The largest absolute Gasteiger partial charge is 0.288 e. The normalized spacial score (nSPS) is 14.3. The van der Waals surface area contributed by atoms with Gasteiger partial charge in [0.05, 0.1) is 42.6 Å². The highest BCUT2D eigenvalue weighted by Crippen LogP contribution is 2.58. The molecule has 0 saturated carbocycles. The van der Waals surface area contributed by atoms with Gasteiger partial charge in [0.2, 0.25) is 0 Å². The number of thiophene rings is 4. The average molecular weight is 603 g/mol. The second-order valence-electron chi connectivity index (χ2n) is 9.24. The minimum Gasteiger partial charge on any atom is -0.288 e. The predicted molar refractivity (Wildman–Crippen MR) is 159 cm³/mol. The van der Waals surface area contributed by atoms with E-state index in [2.05, 4.69) is 0 Å². The van der Waals surface area contributed by atoms with Crippen LogP contribution in [0.25, 0.3) is 51.4 Å². The fourth-order valence-corrected chi connectivity index (χ4v) is 11.3. The van der Waals surface area contributed by atoms with Crippen LogP contribution in [0, 0.1) is 13.8 Å². The zero-order chi connectivity index (χ0) is 25.4. The summed E-state index contributed by atoms with van der Waals surface area (Å²) in [5.41, 5.74) is 7.89. The van der Waals surface area contributed by atoms with Crippen LogP contribution in [0.2, 0.25) is 0 Å². The molecule has 12 heteroatoms. The van der Waals surface area contributed by atoms with E-state index in [1.165, 1.54) is 0 Å². The molecule has 0 spiro atoms. The lowest BCUT2D eigenvalue weighted by molar-refractivity contribution is 0.103. The molecule has 0 unspecified atom stereocenters. The molecule has 3 aliphatic rings. The van der Waals surface area contributed by atoms with Crippen LogP contribution < -0.4 is 0 Å². The Morgan fingerprint density at radius 2 is 1.00 bits per heavy atom. The van der Waals surface area contributed by atoms with Gasteiger partial charge in [-0.1, -0.05) is 0 Å². The van der Waals surface area contributed by atoms with Gasteiger partial charge >= 0.3 is 0 Å². The third kappa shape index (κ3) is 2.65. The lowest BCUT2D eigenvalue weighted by Gasteiger charge is -2.09. The van der Waals surface area contributed by atoms with Gasteiger partial charge in [-0.05, 0) is 38.1 Å². The van der Waals surface area contributed by atoms with Gasteiger partial charge in [0.1, 0.15) is 22.4 Å². The maximum Gasteiger partial charge on any atom is 0.196 e. The van der Waals surface area contributed by atoms with E-state index in [9.17, 15) is 9.59 Å². The number of carbonyl (C=O) groups excluding carboxylic acids is 2. The smallest absolute Gasteiger partial charge is 0.196 e. The number of hydrogen-bond donors (Lipinski definition) is 0. The van der Waals surface area contributed by atoms with Gasteiger partial charge in [-0.25, -0.2) is 0 Å². The first-order valence-corrected chi connectivity index (χ1v) is 16.2. The van der Waals surface area contributed by atoms with Gasteiger partial charge in [-0.2, -0.15) is 17.5 Å². The fourth-order valence-electron chi connectivity index (χ4n) is 5.42. The Labute approximate surface area is 238 Å². The van der Waals surface area contributed by atoms with Crippen LogP contribution in [0.5, 0.6) is 0 Å². The highest BCUT2D eigenvalue weighted by Gasteiger charge is 2.36. The molecule has 0 bridgehead atoms. The van der Waals surface area contributed by atoms with E-state index in [0.29, 0.717) is 0 Å². The molecule has 1 aromatic carbocycles. The van der Waals surface area contributed by atoms with Gasteiger partial charge in [-0.15, -0.1) is 45.3 Å². The number of aromatic nitrogens is 2. The summed E-state index contributed by atoms with van der Waals surface area (Å²) >= 11 is 8.86. The highest BCUT2D eigenvalue weighted by molar-refractivity contribution is 7.58. The molecule has 6 heterocycles. The minimum absolute atomic E-state index is 0.0831. The van der Waals surface area contributed by atoms with E-state index in [1.54, 1.807) is 45.3 Å². The molecule has 6 aromatic rings. The Kier molecular flexibility index (Phi) is 4.23. The van der Waals surface area contributed by atoms with Gasteiger partial charge in [0.25, 0.3) is 0 Å². The SMILES string of the molecule is Cc1cc2c(s1)-c1sc(-c3c4c(c(-c5cc6c(s5)-c5sc(C)cc5C6=O)c5nsnc35)N=S=N4)cc1C2=O. The first-order chi connectivity index (χ1) is 18.5. The quantitative estimate of drug-likeness (QED) is 0.198. The molecule has 1 aliphatic heterocycles. The number of ketones is 2. The van der Waals surface area contributed by atoms with Crippen LogP contribution in [0.4, 0.5) is 11.4 Å². The van der Waals surface area contributed by atoms with Gasteiger partial charge in [-0.3, -0.25) is 9.59 Å². The van der Waals surface area contributed by atoms with E-state index in [-0.39, 0.29) is 11.6 Å². The summed E-state index contributed by atoms with van der Waals surface area (Å²) in [7, 11) is 0. The molecule has 2 aliphatic carbocycles. The van der Waals surface area contributed by atoms with Crippen molar-refractivity contribution in [1.82, 2.24) is 8.75 Å². The Morgan fingerprint density at radius 1 is 0.579 bits per heavy atom. The Bertz CT molecular complexity index is 2050. The van der Waals surface area contributed by atoms with Crippen LogP contribution in [0.15, 0.2) is 33.0 Å². The first-order valence-electron chi connectivity index (χ1n) is 11.5. The summed E-state index contributed by atoms with van der Waals surface area (Å²) in [4.78, 5) is 34.6. The molecule has 6 nitrogen and oxygen atoms in total. The number of benzene rings is 1. The molecule has 0 amide bonds.